The van der Waals surface area contributed by atoms with E-state index in [9.17, 15) is 14.7 Å². The molecule has 0 saturated carbocycles. The van der Waals surface area contributed by atoms with E-state index in [-0.39, 0.29) is 22.3 Å². The molecule has 7 heteroatoms. The van der Waals surface area contributed by atoms with Gasteiger partial charge < -0.3 is 10.0 Å². The van der Waals surface area contributed by atoms with Gasteiger partial charge in [0.1, 0.15) is 5.52 Å². The number of allylic oxidation sites excluding steroid dienone is 2. The molecule has 0 radical (unpaired) electrons. The first-order chi connectivity index (χ1) is 15.7. The third-order valence-corrected chi connectivity index (χ3v) is 7.11. The van der Waals surface area contributed by atoms with Gasteiger partial charge in [-0.2, -0.15) is 0 Å². The number of rotatable bonds is 3. The number of aromatic amines is 1. The highest BCUT2D eigenvalue weighted by Crippen LogP contribution is 2.55. The van der Waals surface area contributed by atoms with Crippen molar-refractivity contribution in [3.8, 4) is 0 Å². The monoisotopic (exact) mass is 442 g/mol. The second kappa shape index (κ2) is 7.40. The number of aromatic carboxylic acids is 1. The van der Waals surface area contributed by atoms with Crippen LogP contribution < -0.4 is 0 Å². The number of amides is 1. The van der Waals surface area contributed by atoms with E-state index in [4.69, 9.17) is 0 Å². The normalized spacial score (nSPS) is 21.8. The third-order valence-electron chi connectivity index (χ3n) is 7.11. The van der Waals surface area contributed by atoms with E-state index < -0.39 is 5.97 Å². The highest BCUT2D eigenvalue weighted by molar-refractivity contribution is 5.97. The standard InChI is InChI=1S/C26H26N4O3/c1-25(2)19(16-4-6-17(7-5-16)24(32)33)10-12-26(3)15-30(13-11-22(25)26)23(31)18-8-9-20-21(14-18)28-29-27-20/h4-11,14H,12-13,15H2,1-3H3,(H,32,33)(H,27,28,29)/t26-/m1/s1. The van der Waals surface area contributed by atoms with E-state index in [0.717, 1.165) is 17.5 Å². The van der Waals surface area contributed by atoms with Gasteiger partial charge in [0.2, 0.25) is 0 Å². The molecule has 7 nitrogen and oxygen atoms in total. The molecule has 33 heavy (non-hydrogen) atoms. The van der Waals surface area contributed by atoms with Gasteiger partial charge in [0, 0.05) is 29.5 Å². The minimum atomic E-state index is -0.923. The Morgan fingerprint density at radius 1 is 1.03 bits per heavy atom. The molecule has 2 aliphatic rings. The van der Waals surface area contributed by atoms with Gasteiger partial charge in [-0.05, 0) is 47.9 Å². The number of H-pyrrole nitrogens is 1. The maximum atomic E-state index is 13.3. The van der Waals surface area contributed by atoms with Crippen LogP contribution in [0.4, 0.5) is 0 Å². The molecule has 0 saturated heterocycles. The van der Waals surface area contributed by atoms with E-state index >= 15 is 0 Å². The fourth-order valence-electron chi connectivity index (χ4n) is 5.51. The average molecular weight is 443 g/mol. The summed E-state index contributed by atoms with van der Waals surface area (Å²) >= 11 is 0. The summed E-state index contributed by atoms with van der Waals surface area (Å²) in [5.74, 6) is -0.929. The molecule has 1 amide bonds. The maximum Gasteiger partial charge on any atom is 0.335 e. The quantitative estimate of drug-likeness (QED) is 0.580. The molecule has 2 N–H and O–H groups in total. The zero-order valence-corrected chi connectivity index (χ0v) is 18.9. The minimum Gasteiger partial charge on any atom is -0.478 e. The van der Waals surface area contributed by atoms with Gasteiger partial charge in [0.15, 0.2) is 0 Å². The molecule has 2 heterocycles. The first-order valence-electron chi connectivity index (χ1n) is 11.0. The Balaban J connectivity index is 1.43. The van der Waals surface area contributed by atoms with Crippen molar-refractivity contribution in [3.63, 3.8) is 0 Å². The molecule has 0 fully saturated rings. The summed E-state index contributed by atoms with van der Waals surface area (Å²) in [5, 5.41) is 19.8. The summed E-state index contributed by atoms with van der Waals surface area (Å²) in [6, 6.07) is 12.5. The largest absolute Gasteiger partial charge is 0.478 e. The van der Waals surface area contributed by atoms with E-state index in [1.807, 2.05) is 29.2 Å². The number of nitrogens with zero attached hydrogens (tertiary/aromatic N) is 3. The Labute approximate surface area is 191 Å². The molecule has 0 spiro atoms. The van der Waals surface area contributed by atoms with Crippen LogP contribution in [-0.2, 0) is 0 Å². The topological polar surface area (TPSA) is 99.2 Å². The second-order valence-corrected chi connectivity index (χ2v) is 9.74. The van der Waals surface area contributed by atoms with Crippen LogP contribution in [0.2, 0.25) is 0 Å². The number of carboxylic acid groups (broad SMARTS) is 1. The van der Waals surface area contributed by atoms with Crippen LogP contribution in [-0.4, -0.2) is 50.4 Å². The maximum absolute atomic E-state index is 13.3. The Bertz CT molecular complexity index is 1330. The van der Waals surface area contributed by atoms with E-state index in [0.29, 0.717) is 24.2 Å². The highest BCUT2D eigenvalue weighted by atomic mass is 16.4. The number of carbonyl (C=O) groups excluding carboxylic acids is 1. The van der Waals surface area contributed by atoms with Crippen molar-refractivity contribution in [2.45, 2.75) is 27.2 Å². The summed E-state index contributed by atoms with van der Waals surface area (Å²) in [6.07, 6.45) is 5.27. The van der Waals surface area contributed by atoms with Crippen LogP contribution >= 0.6 is 0 Å². The number of hydrogen-bond donors (Lipinski definition) is 2. The summed E-state index contributed by atoms with van der Waals surface area (Å²) in [6.45, 7) is 7.84. The predicted molar refractivity (Wildman–Crippen MR) is 126 cm³/mol. The number of nitrogens with one attached hydrogen (secondary N) is 1. The van der Waals surface area contributed by atoms with Crippen molar-refractivity contribution in [3.05, 3.63) is 76.9 Å². The van der Waals surface area contributed by atoms with Gasteiger partial charge in [0.05, 0.1) is 11.1 Å². The van der Waals surface area contributed by atoms with Crippen LogP contribution in [0.3, 0.4) is 0 Å². The number of fused-ring (bicyclic) bond motifs is 2. The molecule has 0 bridgehead atoms. The number of benzene rings is 2. The molecule has 5 rings (SSSR count). The van der Waals surface area contributed by atoms with Crippen molar-refractivity contribution < 1.29 is 14.7 Å². The van der Waals surface area contributed by atoms with Crippen LogP contribution in [0, 0.1) is 10.8 Å². The molecule has 1 aliphatic carbocycles. The molecule has 2 aromatic carbocycles. The van der Waals surface area contributed by atoms with Gasteiger partial charge >= 0.3 is 5.97 Å². The Morgan fingerprint density at radius 3 is 2.48 bits per heavy atom. The Morgan fingerprint density at radius 2 is 1.76 bits per heavy atom. The minimum absolute atomic E-state index is 0.00623. The lowest BCUT2D eigenvalue weighted by Crippen LogP contribution is -2.48. The molecular weight excluding hydrogens is 416 g/mol. The summed E-state index contributed by atoms with van der Waals surface area (Å²) in [5.41, 5.74) is 5.54. The van der Waals surface area contributed by atoms with Crippen molar-refractivity contribution in [1.29, 1.82) is 0 Å². The first-order valence-corrected chi connectivity index (χ1v) is 11.0. The van der Waals surface area contributed by atoms with Gasteiger partial charge in [-0.1, -0.05) is 55.8 Å². The third kappa shape index (κ3) is 3.44. The lowest BCUT2D eigenvalue weighted by Gasteiger charge is -2.50. The molecule has 168 valence electrons. The van der Waals surface area contributed by atoms with Gasteiger partial charge in [-0.25, -0.2) is 4.79 Å². The number of hydrogen-bond acceptors (Lipinski definition) is 4. The van der Waals surface area contributed by atoms with Crippen molar-refractivity contribution in [2.24, 2.45) is 10.8 Å². The summed E-state index contributed by atoms with van der Waals surface area (Å²) in [7, 11) is 0. The van der Waals surface area contributed by atoms with Gasteiger partial charge in [0.25, 0.3) is 5.91 Å². The number of carbonyl (C=O) groups is 2. The summed E-state index contributed by atoms with van der Waals surface area (Å²) in [4.78, 5) is 26.4. The zero-order valence-electron chi connectivity index (χ0n) is 18.9. The molecule has 1 aromatic heterocycles. The fourth-order valence-corrected chi connectivity index (χ4v) is 5.51. The van der Waals surface area contributed by atoms with Crippen molar-refractivity contribution >= 4 is 28.5 Å². The smallest absolute Gasteiger partial charge is 0.335 e. The Hall–Kier alpha value is -3.74. The van der Waals surface area contributed by atoms with Crippen LogP contribution in [0.15, 0.2) is 60.2 Å². The predicted octanol–water partition coefficient (Wildman–Crippen LogP) is 4.56. The van der Waals surface area contributed by atoms with Crippen molar-refractivity contribution in [2.75, 3.05) is 13.1 Å². The first kappa shape index (κ1) is 21.1. The molecular formula is C26H26N4O3. The van der Waals surface area contributed by atoms with Crippen LogP contribution in [0.5, 0.6) is 0 Å². The van der Waals surface area contributed by atoms with E-state index in [1.54, 1.807) is 18.2 Å². The van der Waals surface area contributed by atoms with Gasteiger partial charge in [-0.15, -0.1) is 5.10 Å². The molecule has 1 aliphatic heterocycles. The van der Waals surface area contributed by atoms with Crippen LogP contribution in [0.1, 0.15) is 53.5 Å². The fraction of sp³-hybridized carbons (Fsp3) is 0.308. The average Bonchev–Trinajstić information content (AvgIpc) is 3.26. The number of carboxylic acids is 1. The number of aromatic nitrogens is 3. The Kier molecular flexibility index (Phi) is 4.74. The van der Waals surface area contributed by atoms with E-state index in [1.165, 1.54) is 11.1 Å². The van der Waals surface area contributed by atoms with Crippen LogP contribution in [0.25, 0.3) is 16.6 Å². The molecule has 0 unspecified atom stereocenters. The lowest BCUT2D eigenvalue weighted by atomic mass is 9.58. The van der Waals surface area contributed by atoms with E-state index in [2.05, 4.69) is 48.3 Å². The zero-order chi connectivity index (χ0) is 23.4. The van der Waals surface area contributed by atoms with Crippen molar-refractivity contribution in [1.82, 2.24) is 20.3 Å². The molecule has 3 aromatic rings. The summed E-state index contributed by atoms with van der Waals surface area (Å²) < 4.78 is 0. The SMILES string of the molecule is CC1(C)C(c2ccc(C(=O)O)cc2)=CC[C@]2(C)CN(C(=O)c3ccc4[nH]nnc4c3)CC=C12. The van der Waals surface area contributed by atoms with Gasteiger partial charge in [-0.3, -0.25) is 9.89 Å². The molecule has 1 atom stereocenters. The highest BCUT2D eigenvalue weighted by Gasteiger charge is 2.46. The lowest BCUT2D eigenvalue weighted by molar-refractivity contribution is 0.0678. The second-order valence-electron chi connectivity index (χ2n) is 9.74.